The molecule has 30 heavy (non-hydrogen) atoms. The van der Waals surface area contributed by atoms with Gasteiger partial charge in [0.15, 0.2) is 11.5 Å². The maximum atomic E-state index is 12.2. The van der Waals surface area contributed by atoms with Gasteiger partial charge >= 0.3 is 0 Å². The number of carbonyl (C=O) groups excluding carboxylic acids is 1. The van der Waals surface area contributed by atoms with Crippen molar-refractivity contribution in [3.63, 3.8) is 0 Å². The molecule has 0 saturated heterocycles. The van der Waals surface area contributed by atoms with E-state index in [9.17, 15) is 4.79 Å². The van der Waals surface area contributed by atoms with Gasteiger partial charge in [0.25, 0.3) is 0 Å². The Morgan fingerprint density at radius 2 is 1.93 bits per heavy atom. The average Bonchev–Trinajstić information content (AvgIpc) is 3.19. The fraction of sp³-hybridized carbons (Fsp3) is 0.0833. The second-order valence-electron chi connectivity index (χ2n) is 6.71. The number of aromatic nitrogens is 2. The highest BCUT2D eigenvalue weighted by molar-refractivity contribution is 6.24. The van der Waals surface area contributed by atoms with E-state index >= 15 is 0 Å². The molecule has 0 aliphatic carbocycles. The molecule has 4 rings (SSSR count). The minimum absolute atomic E-state index is 0.368. The maximum absolute atomic E-state index is 12.2. The Bertz CT molecular complexity index is 1210. The fourth-order valence-corrected chi connectivity index (χ4v) is 3.24. The molecule has 6 heteroatoms. The Hall–Kier alpha value is -4.06. The highest BCUT2D eigenvalue weighted by Gasteiger charge is 2.14. The van der Waals surface area contributed by atoms with Crippen LogP contribution in [0.2, 0.25) is 0 Å². The molecule has 0 atom stereocenters. The van der Waals surface area contributed by atoms with Crippen molar-refractivity contribution in [3.8, 4) is 11.5 Å². The smallest absolute Gasteiger partial charge is 0.249 e. The molecule has 3 N–H and O–H groups in total. The topological polar surface area (TPSA) is 90.2 Å². The highest BCUT2D eigenvalue weighted by atomic mass is 16.5. The number of nitrogens with one attached hydrogen (secondary N) is 1. The molecule has 1 amide bonds. The first kappa shape index (κ1) is 19.3. The summed E-state index contributed by atoms with van der Waals surface area (Å²) >= 11 is 0. The van der Waals surface area contributed by atoms with Crippen molar-refractivity contribution in [2.45, 2.75) is 6.61 Å². The minimum atomic E-state index is -0.534. The van der Waals surface area contributed by atoms with E-state index in [1.165, 1.54) is 0 Å². The van der Waals surface area contributed by atoms with Gasteiger partial charge < -0.3 is 20.2 Å². The summed E-state index contributed by atoms with van der Waals surface area (Å²) in [5.74, 6) is 0.578. The summed E-state index contributed by atoms with van der Waals surface area (Å²) in [4.78, 5) is 19.6. The number of pyridine rings is 1. The Labute approximate surface area is 174 Å². The van der Waals surface area contributed by atoms with Crippen LogP contribution in [0, 0.1) is 0 Å². The summed E-state index contributed by atoms with van der Waals surface area (Å²) in [6.45, 7) is 0.414. The van der Waals surface area contributed by atoms with Gasteiger partial charge in [0, 0.05) is 28.9 Å². The summed E-state index contributed by atoms with van der Waals surface area (Å²) in [7, 11) is 1.56. The van der Waals surface area contributed by atoms with E-state index < -0.39 is 5.91 Å². The van der Waals surface area contributed by atoms with Crippen LogP contribution in [0.3, 0.4) is 0 Å². The van der Waals surface area contributed by atoms with Crippen molar-refractivity contribution >= 4 is 28.6 Å². The fourth-order valence-electron chi connectivity index (χ4n) is 3.24. The number of rotatable bonds is 7. The van der Waals surface area contributed by atoms with Crippen LogP contribution < -0.4 is 15.2 Å². The van der Waals surface area contributed by atoms with Crippen LogP contribution >= 0.6 is 0 Å². The summed E-state index contributed by atoms with van der Waals surface area (Å²) in [5, 5.41) is 0.908. The Morgan fingerprint density at radius 1 is 1.10 bits per heavy atom. The molecule has 4 aromatic rings. The number of primary amides is 1. The predicted octanol–water partition coefficient (Wildman–Crippen LogP) is 4.18. The van der Waals surface area contributed by atoms with Gasteiger partial charge in [0.05, 0.1) is 7.11 Å². The third kappa shape index (κ3) is 4.03. The summed E-state index contributed by atoms with van der Waals surface area (Å²) < 4.78 is 11.4. The molecule has 0 aliphatic heterocycles. The number of ether oxygens (including phenoxy) is 2. The van der Waals surface area contributed by atoms with E-state index in [2.05, 4.69) is 9.97 Å². The Morgan fingerprint density at radius 3 is 2.70 bits per heavy atom. The third-order valence-electron chi connectivity index (χ3n) is 4.76. The number of aromatic amines is 1. The SMILES string of the molecule is COc1cc(/C(=C/c2c[nH]c3ncccc23)C(N)=O)ccc1OCc1ccccc1. The number of fused-ring (bicyclic) bond motifs is 1. The number of benzene rings is 2. The first-order chi connectivity index (χ1) is 14.7. The lowest BCUT2D eigenvalue weighted by molar-refractivity contribution is -0.112. The normalized spacial score (nSPS) is 11.4. The van der Waals surface area contributed by atoms with Crippen molar-refractivity contribution in [3.05, 3.63) is 89.7 Å². The van der Waals surface area contributed by atoms with Gasteiger partial charge in [-0.25, -0.2) is 4.98 Å². The maximum Gasteiger partial charge on any atom is 0.249 e. The van der Waals surface area contributed by atoms with E-state index in [1.54, 1.807) is 43.8 Å². The van der Waals surface area contributed by atoms with Gasteiger partial charge in [0.1, 0.15) is 12.3 Å². The second kappa shape index (κ2) is 8.53. The molecule has 6 nitrogen and oxygen atoms in total. The van der Waals surface area contributed by atoms with Crippen LogP contribution in [-0.4, -0.2) is 23.0 Å². The first-order valence-corrected chi connectivity index (χ1v) is 9.44. The van der Waals surface area contributed by atoms with Crippen molar-refractivity contribution in [1.29, 1.82) is 0 Å². The molecule has 0 unspecified atom stereocenters. The van der Waals surface area contributed by atoms with Gasteiger partial charge in [-0.05, 0) is 41.5 Å². The number of carbonyl (C=O) groups is 1. The Balaban J connectivity index is 1.66. The van der Waals surface area contributed by atoms with Crippen LogP contribution in [-0.2, 0) is 11.4 Å². The molecular weight excluding hydrogens is 378 g/mol. The number of hydrogen-bond donors (Lipinski definition) is 2. The van der Waals surface area contributed by atoms with Crippen molar-refractivity contribution in [2.75, 3.05) is 7.11 Å². The largest absolute Gasteiger partial charge is 0.493 e. The van der Waals surface area contributed by atoms with E-state index in [4.69, 9.17) is 15.2 Å². The molecule has 0 radical (unpaired) electrons. The number of methoxy groups -OCH3 is 1. The highest BCUT2D eigenvalue weighted by Crippen LogP contribution is 2.32. The molecule has 2 aromatic carbocycles. The summed E-state index contributed by atoms with van der Waals surface area (Å²) in [6, 6.07) is 19.0. The van der Waals surface area contributed by atoms with E-state index in [1.807, 2.05) is 42.5 Å². The monoisotopic (exact) mass is 399 g/mol. The standard InChI is InChI=1S/C24H21N3O3/c1-29-22-13-17(9-10-21(22)30-15-16-6-3-2-4-7-16)20(23(25)28)12-18-14-27-24-19(18)8-5-11-26-24/h2-14H,15H2,1H3,(H2,25,28)(H,26,27)/b20-12-. The zero-order valence-corrected chi connectivity index (χ0v) is 16.5. The van der Waals surface area contributed by atoms with Gasteiger partial charge in [0.2, 0.25) is 5.91 Å². The lowest BCUT2D eigenvalue weighted by Gasteiger charge is -2.13. The average molecular weight is 399 g/mol. The second-order valence-corrected chi connectivity index (χ2v) is 6.71. The van der Waals surface area contributed by atoms with Crippen LogP contribution in [0.4, 0.5) is 0 Å². The van der Waals surface area contributed by atoms with Crippen LogP contribution in [0.1, 0.15) is 16.7 Å². The molecule has 150 valence electrons. The van der Waals surface area contributed by atoms with E-state index in [0.717, 1.165) is 22.2 Å². The molecule has 0 saturated carbocycles. The van der Waals surface area contributed by atoms with Crippen molar-refractivity contribution in [1.82, 2.24) is 9.97 Å². The molecule has 0 bridgehead atoms. The predicted molar refractivity (Wildman–Crippen MR) is 117 cm³/mol. The quantitative estimate of drug-likeness (QED) is 0.456. The first-order valence-electron chi connectivity index (χ1n) is 9.44. The zero-order valence-electron chi connectivity index (χ0n) is 16.5. The van der Waals surface area contributed by atoms with Gasteiger partial charge in [-0.3, -0.25) is 4.79 Å². The minimum Gasteiger partial charge on any atom is -0.493 e. The number of nitrogens with two attached hydrogens (primary N) is 1. The van der Waals surface area contributed by atoms with Crippen molar-refractivity contribution < 1.29 is 14.3 Å². The van der Waals surface area contributed by atoms with E-state index in [0.29, 0.717) is 29.2 Å². The van der Waals surface area contributed by atoms with E-state index in [-0.39, 0.29) is 0 Å². The number of amides is 1. The molecule has 0 fully saturated rings. The molecule has 0 spiro atoms. The number of nitrogens with zero attached hydrogens (tertiary/aromatic N) is 1. The van der Waals surface area contributed by atoms with Gasteiger partial charge in [-0.2, -0.15) is 0 Å². The van der Waals surface area contributed by atoms with Crippen LogP contribution in [0.5, 0.6) is 11.5 Å². The lowest BCUT2D eigenvalue weighted by atomic mass is 10.0. The summed E-state index contributed by atoms with van der Waals surface area (Å²) in [5.41, 5.74) is 9.32. The molecular formula is C24H21N3O3. The molecule has 2 aromatic heterocycles. The Kier molecular flexibility index (Phi) is 5.48. The molecule has 2 heterocycles. The summed E-state index contributed by atoms with van der Waals surface area (Å²) in [6.07, 6.45) is 5.26. The van der Waals surface area contributed by atoms with Crippen LogP contribution in [0.25, 0.3) is 22.7 Å². The number of H-pyrrole nitrogens is 1. The number of hydrogen-bond acceptors (Lipinski definition) is 4. The molecule has 0 aliphatic rings. The third-order valence-corrected chi connectivity index (χ3v) is 4.76. The van der Waals surface area contributed by atoms with Gasteiger partial charge in [-0.1, -0.05) is 36.4 Å². The zero-order chi connectivity index (χ0) is 20.9. The van der Waals surface area contributed by atoms with Crippen molar-refractivity contribution in [2.24, 2.45) is 5.73 Å². The van der Waals surface area contributed by atoms with Gasteiger partial charge in [-0.15, -0.1) is 0 Å². The lowest BCUT2D eigenvalue weighted by Crippen LogP contribution is -2.13. The van der Waals surface area contributed by atoms with Crippen LogP contribution in [0.15, 0.2) is 73.1 Å².